The molecule has 0 bridgehead atoms. The molecule has 13 heavy (non-hydrogen) atoms. The largest absolute Gasteiger partial charge is 0.0710 e. The van der Waals surface area contributed by atoms with Gasteiger partial charge in [-0.25, -0.2) is 0 Å². The number of allylic oxidation sites excluding steroid dienone is 2. The Morgan fingerprint density at radius 1 is 0.769 bits per heavy atom. The molecule has 2 aliphatic carbocycles. The molecule has 0 aromatic heterocycles. The van der Waals surface area contributed by atoms with Crippen LogP contribution in [0.1, 0.15) is 65.2 Å². The summed E-state index contributed by atoms with van der Waals surface area (Å²) in [6.45, 7) is 4.87. The van der Waals surface area contributed by atoms with E-state index in [1.807, 2.05) is 11.1 Å². The van der Waals surface area contributed by atoms with E-state index in [4.69, 9.17) is 0 Å². The molecule has 0 nitrogen and oxygen atoms in total. The van der Waals surface area contributed by atoms with Gasteiger partial charge in [0, 0.05) is 0 Å². The molecular formula is C13H22. The summed E-state index contributed by atoms with van der Waals surface area (Å²) >= 11 is 0. The molecule has 0 N–H and O–H groups in total. The van der Waals surface area contributed by atoms with Crippen LogP contribution in [0.4, 0.5) is 0 Å². The highest BCUT2D eigenvalue weighted by Gasteiger charge is 2.24. The molecule has 0 aromatic carbocycles. The van der Waals surface area contributed by atoms with Crippen molar-refractivity contribution in [2.24, 2.45) is 5.41 Å². The Hall–Kier alpha value is -0.260. The van der Waals surface area contributed by atoms with E-state index in [-0.39, 0.29) is 0 Å². The molecule has 0 spiro atoms. The summed E-state index contributed by atoms with van der Waals surface area (Å²) in [6, 6.07) is 0. The first-order chi connectivity index (χ1) is 6.17. The Balaban J connectivity index is 2.09. The Kier molecular flexibility index (Phi) is 2.49. The molecule has 0 saturated carbocycles. The summed E-state index contributed by atoms with van der Waals surface area (Å²) in [6.07, 6.45) is 11.4. The van der Waals surface area contributed by atoms with Crippen molar-refractivity contribution in [2.45, 2.75) is 65.2 Å². The van der Waals surface area contributed by atoms with Crippen LogP contribution in [0.5, 0.6) is 0 Å². The third kappa shape index (κ3) is 2.15. The highest BCUT2D eigenvalue weighted by atomic mass is 14.3. The number of hydrogen-bond acceptors (Lipinski definition) is 0. The van der Waals surface area contributed by atoms with Crippen molar-refractivity contribution < 1.29 is 0 Å². The van der Waals surface area contributed by atoms with E-state index in [1.165, 1.54) is 51.4 Å². The van der Waals surface area contributed by atoms with Gasteiger partial charge in [0.15, 0.2) is 0 Å². The lowest BCUT2D eigenvalue weighted by atomic mass is 9.84. The second kappa shape index (κ2) is 3.48. The van der Waals surface area contributed by atoms with Crippen molar-refractivity contribution >= 4 is 0 Å². The van der Waals surface area contributed by atoms with Gasteiger partial charge >= 0.3 is 0 Å². The van der Waals surface area contributed by atoms with Gasteiger partial charge in [-0.05, 0) is 56.8 Å². The molecule has 0 heteroatoms. The summed E-state index contributed by atoms with van der Waals surface area (Å²) < 4.78 is 0. The molecule has 0 saturated heterocycles. The lowest BCUT2D eigenvalue weighted by molar-refractivity contribution is 0.316. The predicted molar refractivity (Wildman–Crippen MR) is 57.7 cm³/mol. The highest BCUT2D eigenvalue weighted by molar-refractivity contribution is 5.19. The third-order valence-corrected chi connectivity index (χ3v) is 3.91. The summed E-state index contributed by atoms with van der Waals surface area (Å²) in [5.41, 5.74) is 4.30. The van der Waals surface area contributed by atoms with Crippen LogP contribution in [0.15, 0.2) is 11.1 Å². The van der Waals surface area contributed by atoms with E-state index < -0.39 is 0 Å². The van der Waals surface area contributed by atoms with Gasteiger partial charge in [-0.3, -0.25) is 0 Å². The van der Waals surface area contributed by atoms with Crippen LogP contribution in [-0.4, -0.2) is 0 Å². The van der Waals surface area contributed by atoms with Gasteiger partial charge in [0.05, 0.1) is 0 Å². The number of rotatable bonds is 0. The van der Waals surface area contributed by atoms with Gasteiger partial charge in [-0.15, -0.1) is 0 Å². The van der Waals surface area contributed by atoms with Gasteiger partial charge in [0.2, 0.25) is 0 Å². The Bertz CT molecular complexity index is 198. The van der Waals surface area contributed by atoms with Crippen molar-refractivity contribution in [3.05, 3.63) is 11.1 Å². The van der Waals surface area contributed by atoms with Crippen LogP contribution in [0.2, 0.25) is 0 Å². The molecule has 0 aromatic rings. The van der Waals surface area contributed by atoms with Crippen molar-refractivity contribution in [1.29, 1.82) is 0 Å². The molecular weight excluding hydrogens is 156 g/mol. The van der Waals surface area contributed by atoms with Gasteiger partial charge < -0.3 is 0 Å². The van der Waals surface area contributed by atoms with Crippen molar-refractivity contribution in [1.82, 2.24) is 0 Å². The fourth-order valence-corrected chi connectivity index (χ4v) is 2.74. The fourth-order valence-electron chi connectivity index (χ4n) is 2.74. The maximum atomic E-state index is 2.44. The standard InChI is InChI=1S/C13H22/c1-13(2)9-7-11-5-3-4-6-12(11)8-10-13/h3-10H2,1-2H3. The highest BCUT2D eigenvalue weighted by Crippen LogP contribution is 2.41. The topological polar surface area (TPSA) is 0 Å². The van der Waals surface area contributed by atoms with Crippen LogP contribution in [-0.2, 0) is 0 Å². The lowest BCUT2D eigenvalue weighted by Gasteiger charge is -2.21. The van der Waals surface area contributed by atoms with Crippen LogP contribution in [0, 0.1) is 5.41 Å². The SMILES string of the molecule is CC1(C)CCC2=C(CCCC2)CC1. The minimum absolute atomic E-state index is 0.608. The van der Waals surface area contributed by atoms with Crippen LogP contribution >= 0.6 is 0 Å². The first kappa shape index (κ1) is 9.30. The Labute approximate surface area is 82.4 Å². The van der Waals surface area contributed by atoms with E-state index in [2.05, 4.69) is 13.8 Å². The summed E-state index contributed by atoms with van der Waals surface area (Å²) in [4.78, 5) is 0. The molecule has 0 atom stereocenters. The Morgan fingerprint density at radius 2 is 1.23 bits per heavy atom. The van der Waals surface area contributed by atoms with Crippen molar-refractivity contribution in [2.75, 3.05) is 0 Å². The Morgan fingerprint density at radius 3 is 1.69 bits per heavy atom. The molecule has 2 aliphatic rings. The van der Waals surface area contributed by atoms with E-state index >= 15 is 0 Å². The quantitative estimate of drug-likeness (QED) is 0.480. The molecule has 0 unspecified atom stereocenters. The summed E-state index contributed by atoms with van der Waals surface area (Å²) in [7, 11) is 0. The molecule has 2 rings (SSSR count). The average Bonchev–Trinajstić information content (AvgIpc) is 2.27. The minimum atomic E-state index is 0.608. The second-order valence-electron chi connectivity index (χ2n) is 5.58. The van der Waals surface area contributed by atoms with E-state index in [9.17, 15) is 0 Å². The zero-order chi connectivity index (χ0) is 9.31. The van der Waals surface area contributed by atoms with Gasteiger partial charge in [0.1, 0.15) is 0 Å². The van der Waals surface area contributed by atoms with Gasteiger partial charge in [0.25, 0.3) is 0 Å². The zero-order valence-corrected chi connectivity index (χ0v) is 9.16. The van der Waals surface area contributed by atoms with E-state index in [0.717, 1.165) is 0 Å². The third-order valence-electron chi connectivity index (χ3n) is 3.91. The molecule has 0 heterocycles. The maximum absolute atomic E-state index is 2.44. The fraction of sp³-hybridized carbons (Fsp3) is 0.846. The zero-order valence-electron chi connectivity index (χ0n) is 9.16. The monoisotopic (exact) mass is 178 g/mol. The normalized spacial score (nSPS) is 28.2. The van der Waals surface area contributed by atoms with E-state index in [0.29, 0.717) is 5.41 Å². The smallest absolute Gasteiger partial charge is 0.0313 e. The first-order valence-corrected chi connectivity index (χ1v) is 5.87. The molecule has 74 valence electrons. The minimum Gasteiger partial charge on any atom is -0.0710 e. The second-order valence-corrected chi connectivity index (χ2v) is 5.58. The van der Waals surface area contributed by atoms with Gasteiger partial charge in [-0.2, -0.15) is 0 Å². The first-order valence-electron chi connectivity index (χ1n) is 5.87. The van der Waals surface area contributed by atoms with Crippen LogP contribution in [0.25, 0.3) is 0 Å². The van der Waals surface area contributed by atoms with Crippen molar-refractivity contribution in [3.8, 4) is 0 Å². The van der Waals surface area contributed by atoms with Crippen LogP contribution in [0.3, 0.4) is 0 Å². The molecule has 0 fully saturated rings. The maximum Gasteiger partial charge on any atom is -0.0313 e. The van der Waals surface area contributed by atoms with Gasteiger partial charge in [-0.1, -0.05) is 25.0 Å². The van der Waals surface area contributed by atoms with E-state index in [1.54, 1.807) is 0 Å². The van der Waals surface area contributed by atoms with Crippen molar-refractivity contribution in [3.63, 3.8) is 0 Å². The number of hydrogen-bond donors (Lipinski definition) is 0. The summed E-state index contributed by atoms with van der Waals surface area (Å²) in [5.74, 6) is 0. The molecule has 0 aliphatic heterocycles. The molecule has 0 amide bonds. The lowest BCUT2D eigenvalue weighted by Crippen LogP contribution is -2.09. The average molecular weight is 178 g/mol. The predicted octanol–water partition coefficient (Wildman–Crippen LogP) is 4.46. The summed E-state index contributed by atoms with van der Waals surface area (Å²) in [5, 5.41) is 0. The van der Waals surface area contributed by atoms with Crippen LogP contribution < -0.4 is 0 Å². The molecule has 0 radical (unpaired) electrons.